The smallest absolute Gasteiger partial charge is 0.323 e. The fraction of sp³-hybridized carbons (Fsp3) is 0.556. The summed E-state index contributed by atoms with van der Waals surface area (Å²) >= 11 is 0. The first-order valence-electron chi connectivity index (χ1n) is 8.67. The first kappa shape index (κ1) is 19.2. The van der Waals surface area contributed by atoms with Gasteiger partial charge in [-0.05, 0) is 37.6 Å². The van der Waals surface area contributed by atoms with Crippen molar-refractivity contribution in [1.82, 2.24) is 9.80 Å². The van der Waals surface area contributed by atoms with E-state index in [2.05, 4.69) is 9.80 Å². The summed E-state index contributed by atoms with van der Waals surface area (Å²) in [4.78, 5) is 29.2. The van der Waals surface area contributed by atoms with Gasteiger partial charge in [0.1, 0.15) is 12.4 Å². The van der Waals surface area contributed by atoms with Crippen molar-refractivity contribution in [2.24, 2.45) is 0 Å². The van der Waals surface area contributed by atoms with Gasteiger partial charge in [0.15, 0.2) is 0 Å². The van der Waals surface area contributed by atoms with Crippen LogP contribution in [0.1, 0.15) is 20.3 Å². The van der Waals surface area contributed by atoms with Gasteiger partial charge in [-0.3, -0.25) is 14.5 Å². The zero-order valence-corrected chi connectivity index (χ0v) is 14.8. The number of rotatable bonds is 7. The summed E-state index contributed by atoms with van der Waals surface area (Å²) in [7, 11) is 0. The second-order valence-corrected chi connectivity index (χ2v) is 6.33. The Bertz CT molecular complexity index is 586. The minimum Gasteiger partial charge on any atom is -0.480 e. The molecule has 1 saturated heterocycles. The highest BCUT2D eigenvalue weighted by Crippen LogP contribution is 2.18. The molecule has 1 atom stereocenters. The van der Waals surface area contributed by atoms with Crippen LogP contribution in [0.4, 0.5) is 10.1 Å². The van der Waals surface area contributed by atoms with Gasteiger partial charge in [-0.15, -0.1) is 0 Å². The standard InChI is InChI=1S/C18H26FN3O3/c1-3-8-22(13-17(23)24)18(25)14(2)20-9-11-21(12-10-20)16-6-4-15(19)5-7-16/h4-7,14H,3,8-13H2,1-2H3,(H,23,24). The molecule has 1 fully saturated rings. The molecule has 0 aliphatic carbocycles. The molecule has 25 heavy (non-hydrogen) atoms. The zero-order chi connectivity index (χ0) is 18.4. The van der Waals surface area contributed by atoms with E-state index in [1.165, 1.54) is 17.0 Å². The number of hydrogen-bond donors (Lipinski definition) is 1. The molecule has 0 spiro atoms. The number of amides is 1. The maximum Gasteiger partial charge on any atom is 0.323 e. The predicted octanol–water partition coefficient (Wildman–Crippen LogP) is 1.66. The highest BCUT2D eigenvalue weighted by atomic mass is 19.1. The van der Waals surface area contributed by atoms with E-state index in [9.17, 15) is 14.0 Å². The second kappa shape index (κ2) is 8.80. The third-order valence-corrected chi connectivity index (χ3v) is 4.54. The van der Waals surface area contributed by atoms with Crippen molar-refractivity contribution in [2.75, 3.05) is 44.2 Å². The Morgan fingerprint density at radius 1 is 1.20 bits per heavy atom. The maximum absolute atomic E-state index is 13.0. The lowest BCUT2D eigenvalue weighted by atomic mass is 10.1. The minimum atomic E-state index is -0.991. The van der Waals surface area contributed by atoms with Crippen LogP contribution >= 0.6 is 0 Å². The Hall–Kier alpha value is -2.15. The Balaban J connectivity index is 1.93. The van der Waals surface area contributed by atoms with Crippen LogP contribution in [-0.4, -0.2) is 72.1 Å². The molecule has 1 aromatic carbocycles. The molecule has 1 aliphatic rings. The van der Waals surface area contributed by atoms with Crippen molar-refractivity contribution < 1.29 is 19.1 Å². The summed E-state index contributed by atoms with van der Waals surface area (Å²) in [6, 6.07) is 6.07. The van der Waals surface area contributed by atoms with E-state index in [1.807, 2.05) is 13.8 Å². The molecule has 1 N–H and O–H groups in total. The summed E-state index contributed by atoms with van der Waals surface area (Å²) in [6.07, 6.45) is 0.726. The Morgan fingerprint density at radius 3 is 2.32 bits per heavy atom. The number of nitrogens with zero attached hydrogens (tertiary/aromatic N) is 3. The third kappa shape index (κ3) is 5.16. The molecule has 1 heterocycles. The van der Waals surface area contributed by atoms with Crippen LogP contribution in [0.3, 0.4) is 0 Å². The van der Waals surface area contributed by atoms with Gasteiger partial charge in [0, 0.05) is 38.4 Å². The van der Waals surface area contributed by atoms with Crippen molar-refractivity contribution in [3.8, 4) is 0 Å². The van der Waals surface area contributed by atoms with E-state index >= 15 is 0 Å². The second-order valence-electron chi connectivity index (χ2n) is 6.33. The molecule has 0 bridgehead atoms. The Kier molecular flexibility index (Phi) is 6.75. The average Bonchev–Trinajstić information content (AvgIpc) is 2.60. The van der Waals surface area contributed by atoms with E-state index < -0.39 is 5.97 Å². The summed E-state index contributed by atoms with van der Waals surface area (Å²) < 4.78 is 13.0. The van der Waals surface area contributed by atoms with E-state index in [0.717, 1.165) is 25.2 Å². The molecule has 0 aromatic heterocycles. The van der Waals surface area contributed by atoms with Gasteiger partial charge in [0.25, 0.3) is 0 Å². The zero-order valence-electron chi connectivity index (χ0n) is 14.8. The van der Waals surface area contributed by atoms with Crippen molar-refractivity contribution in [3.63, 3.8) is 0 Å². The van der Waals surface area contributed by atoms with Crippen LogP contribution in [0.5, 0.6) is 0 Å². The molecule has 1 amide bonds. The Labute approximate surface area is 147 Å². The van der Waals surface area contributed by atoms with E-state index in [4.69, 9.17) is 5.11 Å². The lowest BCUT2D eigenvalue weighted by Gasteiger charge is -2.39. The largest absolute Gasteiger partial charge is 0.480 e. The molecule has 1 aliphatic heterocycles. The van der Waals surface area contributed by atoms with E-state index in [0.29, 0.717) is 19.6 Å². The SMILES string of the molecule is CCCN(CC(=O)O)C(=O)C(C)N1CCN(c2ccc(F)cc2)CC1. The molecule has 138 valence electrons. The lowest BCUT2D eigenvalue weighted by molar-refractivity contribution is -0.146. The molecular weight excluding hydrogens is 325 g/mol. The number of piperazine rings is 1. The summed E-state index contributed by atoms with van der Waals surface area (Å²) in [5, 5.41) is 8.99. The molecule has 0 radical (unpaired) electrons. The topological polar surface area (TPSA) is 64.1 Å². The highest BCUT2D eigenvalue weighted by molar-refractivity contribution is 5.85. The summed E-state index contributed by atoms with van der Waals surface area (Å²) in [6.45, 7) is 6.85. The monoisotopic (exact) mass is 351 g/mol. The number of anilines is 1. The van der Waals surface area contributed by atoms with Crippen molar-refractivity contribution in [2.45, 2.75) is 26.3 Å². The van der Waals surface area contributed by atoms with Crippen LogP contribution in [0.25, 0.3) is 0 Å². The van der Waals surface area contributed by atoms with Crippen molar-refractivity contribution in [1.29, 1.82) is 0 Å². The number of carboxylic acid groups (broad SMARTS) is 1. The maximum atomic E-state index is 13.0. The van der Waals surface area contributed by atoms with Gasteiger partial charge in [0.2, 0.25) is 5.91 Å². The van der Waals surface area contributed by atoms with Crippen molar-refractivity contribution >= 4 is 17.6 Å². The minimum absolute atomic E-state index is 0.139. The molecule has 0 saturated carbocycles. The van der Waals surface area contributed by atoms with E-state index in [-0.39, 0.29) is 24.3 Å². The summed E-state index contributed by atoms with van der Waals surface area (Å²) in [5.41, 5.74) is 0.971. The number of carbonyl (C=O) groups excluding carboxylic acids is 1. The van der Waals surface area contributed by atoms with Gasteiger partial charge in [-0.25, -0.2) is 4.39 Å². The van der Waals surface area contributed by atoms with Crippen LogP contribution in [0.2, 0.25) is 0 Å². The molecule has 6 nitrogen and oxygen atoms in total. The number of carbonyl (C=O) groups is 2. The van der Waals surface area contributed by atoms with Gasteiger partial charge in [0.05, 0.1) is 6.04 Å². The van der Waals surface area contributed by atoms with E-state index in [1.54, 1.807) is 12.1 Å². The number of hydrogen-bond acceptors (Lipinski definition) is 4. The van der Waals surface area contributed by atoms with Gasteiger partial charge in [-0.2, -0.15) is 0 Å². The number of aliphatic carboxylic acids is 1. The molecule has 1 unspecified atom stereocenters. The third-order valence-electron chi connectivity index (χ3n) is 4.54. The average molecular weight is 351 g/mol. The highest BCUT2D eigenvalue weighted by Gasteiger charge is 2.29. The van der Waals surface area contributed by atoms with Crippen LogP contribution in [0, 0.1) is 5.82 Å². The van der Waals surface area contributed by atoms with Crippen LogP contribution < -0.4 is 4.90 Å². The first-order chi connectivity index (χ1) is 11.9. The fourth-order valence-electron chi connectivity index (χ4n) is 3.14. The normalized spacial score (nSPS) is 16.5. The fourth-order valence-corrected chi connectivity index (χ4v) is 3.14. The van der Waals surface area contributed by atoms with Gasteiger partial charge < -0.3 is 14.9 Å². The lowest BCUT2D eigenvalue weighted by Crippen LogP contribution is -2.55. The molecular formula is C18H26FN3O3. The number of carboxylic acids is 1. The van der Waals surface area contributed by atoms with Crippen molar-refractivity contribution in [3.05, 3.63) is 30.1 Å². The Morgan fingerprint density at radius 2 is 1.80 bits per heavy atom. The summed E-state index contributed by atoms with van der Waals surface area (Å²) in [5.74, 6) is -1.38. The van der Waals surface area contributed by atoms with Crippen LogP contribution in [-0.2, 0) is 9.59 Å². The first-order valence-corrected chi connectivity index (χ1v) is 8.67. The quantitative estimate of drug-likeness (QED) is 0.809. The number of halogens is 1. The molecule has 7 heteroatoms. The predicted molar refractivity (Wildman–Crippen MR) is 94.2 cm³/mol. The van der Waals surface area contributed by atoms with Gasteiger partial charge in [-0.1, -0.05) is 6.92 Å². The van der Waals surface area contributed by atoms with Gasteiger partial charge >= 0.3 is 5.97 Å². The van der Waals surface area contributed by atoms with Crippen LogP contribution in [0.15, 0.2) is 24.3 Å². The molecule has 2 rings (SSSR count). The molecule has 1 aromatic rings. The number of benzene rings is 1.